The summed E-state index contributed by atoms with van der Waals surface area (Å²) in [6.45, 7) is 3.31. The van der Waals surface area contributed by atoms with Crippen LogP contribution in [0.2, 0.25) is 0 Å². The second kappa shape index (κ2) is 7.24. The highest BCUT2D eigenvalue weighted by Gasteiger charge is 2.19. The second-order valence-corrected chi connectivity index (χ2v) is 5.44. The average molecular weight is 317 g/mol. The predicted octanol–water partition coefficient (Wildman–Crippen LogP) is 2.99. The Morgan fingerprint density at radius 3 is 2.43 bits per heavy atom. The molecule has 5 heteroatoms. The maximum absolute atomic E-state index is 13.3. The lowest BCUT2D eigenvalue weighted by Crippen LogP contribution is -2.37. The quantitative estimate of drug-likeness (QED) is 0.891. The Morgan fingerprint density at radius 2 is 1.87 bits per heavy atom. The zero-order valence-electron chi connectivity index (χ0n) is 13.3. The SMILES string of the molecule is COc1ccc(C(O)C(C)NC(=O)c2ccc(F)c(C)c2)cc1. The van der Waals surface area contributed by atoms with Crippen molar-refractivity contribution in [1.82, 2.24) is 5.32 Å². The van der Waals surface area contributed by atoms with Crippen molar-refractivity contribution in [2.45, 2.75) is 26.0 Å². The van der Waals surface area contributed by atoms with Crippen LogP contribution in [0.15, 0.2) is 42.5 Å². The lowest BCUT2D eigenvalue weighted by molar-refractivity contribution is 0.0852. The van der Waals surface area contributed by atoms with Crippen LogP contribution in [0.3, 0.4) is 0 Å². The van der Waals surface area contributed by atoms with Crippen molar-refractivity contribution < 1.29 is 19.0 Å². The smallest absolute Gasteiger partial charge is 0.251 e. The van der Waals surface area contributed by atoms with Crippen molar-refractivity contribution in [3.63, 3.8) is 0 Å². The van der Waals surface area contributed by atoms with Gasteiger partial charge < -0.3 is 15.2 Å². The molecule has 0 saturated heterocycles. The summed E-state index contributed by atoms with van der Waals surface area (Å²) in [4.78, 5) is 12.2. The minimum absolute atomic E-state index is 0.354. The number of carbonyl (C=O) groups is 1. The van der Waals surface area contributed by atoms with Gasteiger partial charge >= 0.3 is 0 Å². The van der Waals surface area contributed by atoms with Crippen molar-refractivity contribution in [2.24, 2.45) is 0 Å². The van der Waals surface area contributed by atoms with Crippen LogP contribution in [0.4, 0.5) is 4.39 Å². The first-order chi connectivity index (χ1) is 10.9. The van der Waals surface area contributed by atoms with E-state index >= 15 is 0 Å². The van der Waals surface area contributed by atoms with Gasteiger partial charge in [0.25, 0.3) is 5.91 Å². The van der Waals surface area contributed by atoms with E-state index in [0.29, 0.717) is 22.4 Å². The van der Waals surface area contributed by atoms with E-state index in [1.165, 1.54) is 18.2 Å². The average Bonchev–Trinajstić information content (AvgIpc) is 2.56. The molecule has 23 heavy (non-hydrogen) atoms. The summed E-state index contributed by atoms with van der Waals surface area (Å²) < 4.78 is 18.3. The molecule has 4 nitrogen and oxygen atoms in total. The largest absolute Gasteiger partial charge is 0.497 e. The van der Waals surface area contributed by atoms with Crippen LogP contribution in [0.25, 0.3) is 0 Å². The molecule has 2 rings (SSSR count). The van der Waals surface area contributed by atoms with Gasteiger partial charge in [-0.3, -0.25) is 4.79 Å². The van der Waals surface area contributed by atoms with Gasteiger partial charge in [-0.05, 0) is 55.3 Å². The Bertz CT molecular complexity index is 685. The number of rotatable bonds is 5. The molecule has 0 bridgehead atoms. The molecule has 122 valence electrons. The fourth-order valence-corrected chi connectivity index (χ4v) is 2.24. The van der Waals surface area contributed by atoms with Crippen LogP contribution in [-0.4, -0.2) is 24.2 Å². The van der Waals surface area contributed by atoms with Crippen LogP contribution >= 0.6 is 0 Å². The zero-order valence-corrected chi connectivity index (χ0v) is 13.3. The monoisotopic (exact) mass is 317 g/mol. The van der Waals surface area contributed by atoms with Gasteiger partial charge in [0.1, 0.15) is 11.6 Å². The fourth-order valence-electron chi connectivity index (χ4n) is 2.24. The lowest BCUT2D eigenvalue weighted by Gasteiger charge is -2.21. The Hall–Kier alpha value is -2.40. The number of hydrogen-bond acceptors (Lipinski definition) is 3. The number of hydrogen-bond donors (Lipinski definition) is 2. The van der Waals surface area contributed by atoms with Crippen LogP contribution in [0, 0.1) is 12.7 Å². The second-order valence-electron chi connectivity index (χ2n) is 5.44. The predicted molar refractivity (Wildman–Crippen MR) is 86.0 cm³/mol. The first-order valence-electron chi connectivity index (χ1n) is 7.31. The maximum Gasteiger partial charge on any atom is 0.251 e. The van der Waals surface area contributed by atoms with E-state index in [1.54, 1.807) is 45.2 Å². The first-order valence-corrected chi connectivity index (χ1v) is 7.31. The minimum atomic E-state index is -0.855. The maximum atomic E-state index is 13.3. The lowest BCUT2D eigenvalue weighted by atomic mass is 10.0. The van der Waals surface area contributed by atoms with Crippen LogP contribution in [0.5, 0.6) is 5.75 Å². The molecule has 2 N–H and O–H groups in total. The van der Waals surface area contributed by atoms with E-state index in [1.807, 2.05) is 0 Å². The molecule has 0 aliphatic rings. The molecular formula is C18H20FNO3. The molecule has 0 aromatic heterocycles. The topological polar surface area (TPSA) is 58.6 Å². The van der Waals surface area contributed by atoms with Crippen molar-refractivity contribution in [3.8, 4) is 5.75 Å². The Labute approximate surface area is 134 Å². The van der Waals surface area contributed by atoms with E-state index in [2.05, 4.69) is 5.32 Å². The van der Waals surface area contributed by atoms with Gasteiger partial charge in [-0.2, -0.15) is 0 Å². The van der Waals surface area contributed by atoms with E-state index in [-0.39, 0.29) is 11.7 Å². The van der Waals surface area contributed by atoms with Gasteiger partial charge in [-0.1, -0.05) is 12.1 Å². The van der Waals surface area contributed by atoms with Gasteiger partial charge in [0.05, 0.1) is 19.3 Å². The number of benzene rings is 2. The third kappa shape index (κ3) is 4.07. The molecule has 2 atom stereocenters. The molecule has 2 aromatic carbocycles. The van der Waals surface area contributed by atoms with E-state index in [9.17, 15) is 14.3 Å². The van der Waals surface area contributed by atoms with E-state index < -0.39 is 12.1 Å². The number of aliphatic hydroxyl groups excluding tert-OH is 1. The number of halogens is 1. The molecule has 0 radical (unpaired) electrons. The molecule has 0 aliphatic heterocycles. The number of carbonyl (C=O) groups excluding carboxylic acids is 1. The highest BCUT2D eigenvalue weighted by Crippen LogP contribution is 2.20. The van der Waals surface area contributed by atoms with Gasteiger partial charge in [0, 0.05) is 5.56 Å². The molecule has 2 unspecified atom stereocenters. The summed E-state index contributed by atoms with van der Waals surface area (Å²) in [5.41, 5.74) is 1.44. The number of nitrogens with one attached hydrogen (secondary N) is 1. The molecule has 0 fully saturated rings. The Balaban J connectivity index is 2.05. The van der Waals surface area contributed by atoms with Crippen molar-refractivity contribution in [2.75, 3.05) is 7.11 Å². The highest BCUT2D eigenvalue weighted by atomic mass is 19.1. The van der Waals surface area contributed by atoms with Gasteiger partial charge in [0.15, 0.2) is 0 Å². The third-order valence-corrected chi connectivity index (χ3v) is 3.71. The van der Waals surface area contributed by atoms with Crippen LogP contribution < -0.4 is 10.1 Å². The summed E-state index contributed by atoms with van der Waals surface area (Å²) in [5.74, 6) is -0.0135. The van der Waals surface area contributed by atoms with Crippen molar-refractivity contribution in [3.05, 3.63) is 65.0 Å². The summed E-state index contributed by atoms with van der Waals surface area (Å²) in [5, 5.41) is 13.1. The summed E-state index contributed by atoms with van der Waals surface area (Å²) in [7, 11) is 1.57. The summed E-state index contributed by atoms with van der Waals surface area (Å²) in [6.07, 6.45) is -0.855. The van der Waals surface area contributed by atoms with Crippen molar-refractivity contribution in [1.29, 1.82) is 0 Å². The van der Waals surface area contributed by atoms with Crippen molar-refractivity contribution >= 4 is 5.91 Å². The normalized spacial score (nSPS) is 13.3. The first kappa shape index (κ1) is 17.0. The Morgan fingerprint density at radius 1 is 1.22 bits per heavy atom. The molecular weight excluding hydrogens is 297 g/mol. The number of aryl methyl sites for hydroxylation is 1. The number of amides is 1. The minimum Gasteiger partial charge on any atom is -0.497 e. The van der Waals surface area contributed by atoms with E-state index in [0.717, 1.165) is 0 Å². The molecule has 1 amide bonds. The van der Waals surface area contributed by atoms with Crippen LogP contribution in [0.1, 0.15) is 34.5 Å². The highest BCUT2D eigenvalue weighted by molar-refractivity contribution is 5.94. The fraction of sp³-hybridized carbons (Fsp3) is 0.278. The van der Waals surface area contributed by atoms with Gasteiger partial charge in [0.2, 0.25) is 0 Å². The Kier molecular flexibility index (Phi) is 5.34. The molecule has 2 aromatic rings. The zero-order chi connectivity index (χ0) is 17.0. The standard InChI is InChI=1S/C18H20FNO3/c1-11-10-14(6-9-16(11)19)18(22)20-12(2)17(21)13-4-7-15(23-3)8-5-13/h4-10,12,17,21H,1-3H3,(H,20,22). The van der Waals surface area contributed by atoms with Gasteiger partial charge in [-0.15, -0.1) is 0 Å². The number of aliphatic hydroxyl groups is 1. The summed E-state index contributed by atoms with van der Waals surface area (Å²) in [6, 6.07) is 10.6. The summed E-state index contributed by atoms with van der Waals surface area (Å²) >= 11 is 0. The molecule has 0 saturated carbocycles. The third-order valence-electron chi connectivity index (χ3n) is 3.71. The number of ether oxygens (including phenoxy) is 1. The molecule has 0 heterocycles. The molecule has 0 aliphatic carbocycles. The number of methoxy groups -OCH3 is 1. The van der Waals surface area contributed by atoms with Gasteiger partial charge in [-0.25, -0.2) is 4.39 Å². The van der Waals surface area contributed by atoms with E-state index in [4.69, 9.17) is 4.74 Å². The van der Waals surface area contributed by atoms with Crippen LogP contribution in [-0.2, 0) is 0 Å². The molecule has 0 spiro atoms.